The van der Waals surface area contributed by atoms with Crippen LogP contribution in [0.15, 0.2) is 58.8 Å². The summed E-state index contributed by atoms with van der Waals surface area (Å²) in [5.41, 5.74) is -0.592. The fourth-order valence-electron chi connectivity index (χ4n) is 6.04. The Labute approximate surface area is 231 Å². The molecule has 0 saturated heterocycles. The van der Waals surface area contributed by atoms with Crippen LogP contribution in [0.3, 0.4) is 0 Å². The van der Waals surface area contributed by atoms with E-state index >= 15 is 0 Å². The SMILES string of the molecule is COc1cc(OC)c2c(c1Cl)OC1(C(=O)C3=C(CC1C)Nc1ncnn1C3c1cc3ccccc3[nH]c1=O)C2=O. The molecule has 0 radical (unpaired) electrons. The second-order valence-corrected chi connectivity index (χ2v) is 10.4. The number of carbonyl (C=O) groups excluding carboxylic acids is 2. The van der Waals surface area contributed by atoms with Gasteiger partial charge in [-0.05, 0) is 23.9 Å². The van der Waals surface area contributed by atoms with E-state index in [1.807, 2.05) is 18.2 Å². The van der Waals surface area contributed by atoms with Crippen LogP contribution in [0.4, 0.5) is 5.95 Å². The number of fused-ring (bicyclic) bond motifs is 3. The van der Waals surface area contributed by atoms with E-state index in [0.29, 0.717) is 17.2 Å². The number of ketones is 2. The number of hydrogen-bond acceptors (Lipinski definition) is 9. The lowest BCUT2D eigenvalue weighted by molar-refractivity contribution is -0.130. The Kier molecular flexibility index (Phi) is 5.14. The molecule has 0 fully saturated rings. The van der Waals surface area contributed by atoms with Crippen molar-refractivity contribution >= 4 is 40.0 Å². The third kappa shape index (κ3) is 3.03. The number of pyridine rings is 1. The second kappa shape index (κ2) is 8.43. The Balaban J connectivity index is 1.44. The van der Waals surface area contributed by atoms with Gasteiger partial charge in [0.2, 0.25) is 23.1 Å². The zero-order valence-corrected chi connectivity index (χ0v) is 22.3. The number of carbonyl (C=O) groups is 2. The molecule has 11 nitrogen and oxygen atoms in total. The minimum atomic E-state index is -1.94. The highest BCUT2D eigenvalue weighted by Gasteiger charge is 2.63. The van der Waals surface area contributed by atoms with Crippen molar-refractivity contribution in [3.05, 3.63) is 80.5 Å². The van der Waals surface area contributed by atoms with E-state index < -0.39 is 34.7 Å². The third-order valence-corrected chi connectivity index (χ3v) is 8.32. The largest absolute Gasteiger partial charge is 0.496 e. The number of Topliss-reactive ketones (excluding diaryl/α,β-unsaturated/α-hetero) is 2. The van der Waals surface area contributed by atoms with Gasteiger partial charge in [-0.1, -0.05) is 36.7 Å². The van der Waals surface area contributed by atoms with Gasteiger partial charge in [-0.25, -0.2) is 4.68 Å². The fourth-order valence-corrected chi connectivity index (χ4v) is 6.31. The monoisotopic (exact) mass is 559 g/mol. The summed E-state index contributed by atoms with van der Waals surface area (Å²) in [5, 5.41) is 8.36. The number of nitrogens with zero attached hydrogens (tertiary/aromatic N) is 3. The van der Waals surface area contributed by atoms with Gasteiger partial charge in [-0.3, -0.25) is 14.4 Å². The maximum absolute atomic E-state index is 14.7. The molecule has 3 atom stereocenters. The summed E-state index contributed by atoms with van der Waals surface area (Å²) in [6, 6.07) is 9.59. The Morgan fingerprint density at radius 1 is 1.10 bits per heavy atom. The summed E-state index contributed by atoms with van der Waals surface area (Å²) >= 11 is 6.58. The lowest BCUT2D eigenvalue weighted by Gasteiger charge is -2.41. The van der Waals surface area contributed by atoms with Crippen LogP contribution in [0, 0.1) is 5.92 Å². The van der Waals surface area contributed by atoms with Crippen molar-refractivity contribution in [3.8, 4) is 17.2 Å². The molecule has 4 aromatic rings. The average Bonchev–Trinajstić information content (AvgIpc) is 3.54. The quantitative estimate of drug-likeness (QED) is 0.360. The van der Waals surface area contributed by atoms with Gasteiger partial charge in [0, 0.05) is 34.3 Å². The van der Waals surface area contributed by atoms with Gasteiger partial charge in [0.1, 0.15) is 34.5 Å². The normalized spacial score (nSPS) is 23.0. The molecule has 202 valence electrons. The van der Waals surface area contributed by atoms with E-state index in [0.717, 1.165) is 5.39 Å². The van der Waals surface area contributed by atoms with Gasteiger partial charge in [0.05, 0.1) is 14.2 Å². The molecule has 1 spiro atoms. The summed E-state index contributed by atoms with van der Waals surface area (Å²) < 4.78 is 18.6. The lowest BCUT2D eigenvalue weighted by Crippen LogP contribution is -2.58. The number of aromatic amines is 1. The number of ether oxygens (including phenoxy) is 3. The number of halogens is 1. The lowest BCUT2D eigenvalue weighted by atomic mass is 9.69. The molecule has 1 aliphatic carbocycles. The van der Waals surface area contributed by atoms with E-state index in [2.05, 4.69) is 20.4 Å². The highest BCUT2D eigenvalue weighted by atomic mass is 35.5. The van der Waals surface area contributed by atoms with Crippen LogP contribution >= 0.6 is 11.6 Å². The Bertz CT molecular complexity index is 1880. The minimum Gasteiger partial charge on any atom is -0.496 e. The number of methoxy groups -OCH3 is 2. The zero-order chi connectivity index (χ0) is 27.9. The number of H-pyrrole nitrogens is 1. The number of allylic oxidation sites excluding steroid dienone is 1. The van der Waals surface area contributed by atoms with E-state index in [1.54, 1.807) is 19.1 Å². The van der Waals surface area contributed by atoms with Crippen molar-refractivity contribution in [3.63, 3.8) is 0 Å². The number of para-hydroxylation sites is 1. The van der Waals surface area contributed by atoms with Crippen LogP contribution in [-0.2, 0) is 4.79 Å². The maximum Gasteiger partial charge on any atom is 0.254 e. The zero-order valence-electron chi connectivity index (χ0n) is 21.6. The molecule has 2 N–H and O–H groups in total. The van der Waals surface area contributed by atoms with Gasteiger partial charge < -0.3 is 24.5 Å². The Morgan fingerprint density at radius 3 is 2.65 bits per heavy atom. The number of nitrogens with one attached hydrogen (secondary N) is 2. The highest BCUT2D eigenvalue weighted by Crippen LogP contribution is 2.55. The maximum atomic E-state index is 14.7. The first kappa shape index (κ1) is 24.4. The number of hydrogen-bond donors (Lipinski definition) is 2. The first-order chi connectivity index (χ1) is 19.3. The van der Waals surface area contributed by atoms with Crippen LogP contribution in [0.25, 0.3) is 10.9 Å². The van der Waals surface area contributed by atoms with Gasteiger partial charge in [0.25, 0.3) is 5.56 Å². The van der Waals surface area contributed by atoms with Gasteiger partial charge in [-0.15, -0.1) is 0 Å². The molecule has 3 aliphatic rings. The van der Waals surface area contributed by atoms with Gasteiger partial charge in [0.15, 0.2) is 5.75 Å². The molecule has 4 heterocycles. The first-order valence-electron chi connectivity index (χ1n) is 12.5. The fraction of sp³-hybridized carbons (Fsp3) is 0.250. The Morgan fingerprint density at radius 2 is 1.88 bits per heavy atom. The van der Waals surface area contributed by atoms with E-state index in [4.69, 9.17) is 25.8 Å². The highest BCUT2D eigenvalue weighted by molar-refractivity contribution is 6.36. The molecule has 2 aromatic heterocycles. The third-order valence-electron chi connectivity index (χ3n) is 7.96. The number of anilines is 1. The van der Waals surface area contributed by atoms with Gasteiger partial charge >= 0.3 is 0 Å². The van der Waals surface area contributed by atoms with Crippen molar-refractivity contribution in [1.29, 1.82) is 0 Å². The van der Waals surface area contributed by atoms with E-state index in [-0.39, 0.29) is 45.4 Å². The standard InChI is InChI=1S/C28H22ClN5O6/c1-12-8-16-19(24(35)28(12)25(36)20-17(38-2)10-18(39-3)21(29)23(20)40-28)22(34-27(33-16)30-11-31-34)14-9-13-6-4-5-7-15(13)32-26(14)37/h4-7,9-12,22H,8H2,1-3H3,(H,32,37)(H,30,31,33). The van der Waals surface area contributed by atoms with Crippen LogP contribution in [0.5, 0.6) is 17.2 Å². The van der Waals surface area contributed by atoms with Crippen molar-refractivity contribution in [2.75, 3.05) is 19.5 Å². The summed E-state index contributed by atoms with van der Waals surface area (Å²) in [6.45, 7) is 1.77. The molecule has 0 bridgehead atoms. The average molecular weight is 560 g/mol. The summed E-state index contributed by atoms with van der Waals surface area (Å²) in [4.78, 5) is 49.5. The van der Waals surface area contributed by atoms with Crippen molar-refractivity contribution in [1.82, 2.24) is 19.7 Å². The smallest absolute Gasteiger partial charge is 0.254 e. The van der Waals surface area contributed by atoms with E-state index in [1.165, 1.54) is 31.3 Å². The molecule has 40 heavy (non-hydrogen) atoms. The van der Waals surface area contributed by atoms with Crippen LogP contribution in [-0.4, -0.2) is 51.1 Å². The predicted molar refractivity (Wildman–Crippen MR) is 144 cm³/mol. The number of benzene rings is 2. The van der Waals surface area contributed by atoms with Crippen LogP contribution < -0.4 is 25.1 Å². The minimum absolute atomic E-state index is 0.0254. The molecular weight excluding hydrogens is 538 g/mol. The summed E-state index contributed by atoms with van der Waals surface area (Å²) in [7, 11) is 2.84. The topological polar surface area (TPSA) is 137 Å². The molecular formula is C28H22ClN5O6. The number of aromatic nitrogens is 4. The number of rotatable bonds is 3. The van der Waals surface area contributed by atoms with E-state index in [9.17, 15) is 14.4 Å². The van der Waals surface area contributed by atoms with Crippen LogP contribution in [0.1, 0.15) is 35.3 Å². The van der Waals surface area contributed by atoms with Crippen molar-refractivity contribution in [2.45, 2.75) is 25.0 Å². The molecule has 0 saturated carbocycles. The Hall–Kier alpha value is -4.64. The summed E-state index contributed by atoms with van der Waals surface area (Å²) in [6.07, 6.45) is 1.60. The molecule has 0 amide bonds. The molecule has 3 unspecified atom stereocenters. The van der Waals surface area contributed by atoms with Gasteiger partial charge in [-0.2, -0.15) is 10.1 Å². The van der Waals surface area contributed by atoms with Crippen molar-refractivity contribution in [2.24, 2.45) is 5.92 Å². The molecule has 12 heteroatoms. The van der Waals surface area contributed by atoms with Crippen molar-refractivity contribution < 1.29 is 23.8 Å². The summed E-state index contributed by atoms with van der Waals surface area (Å²) in [5.74, 6) is -0.941. The predicted octanol–water partition coefficient (Wildman–Crippen LogP) is 3.68. The molecule has 2 aliphatic heterocycles. The molecule has 7 rings (SSSR count). The second-order valence-electron chi connectivity index (χ2n) is 9.99. The molecule has 2 aromatic carbocycles. The van der Waals surface area contributed by atoms with Crippen LogP contribution in [0.2, 0.25) is 5.02 Å². The first-order valence-corrected chi connectivity index (χ1v) is 12.9.